The van der Waals surface area contributed by atoms with Crippen LogP contribution in [0.5, 0.6) is 0 Å². The lowest BCUT2D eigenvalue weighted by Gasteiger charge is -2.30. The van der Waals surface area contributed by atoms with Crippen LogP contribution in [-0.2, 0) is 27.8 Å². The van der Waals surface area contributed by atoms with Crippen molar-refractivity contribution < 1.29 is 32.6 Å². The second-order valence-corrected chi connectivity index (χ2v) is 10.4. The lowest BCUT2D eigenvalue weighted by atomic mass is 9.90. The molecule has 4 atom stereocenters. The number of hydrogen-bond acceptors (Lipinski definition) is 8. The minimum Gasteiger partial charge on any atom is -0.431 e. The molecule has 37 heavy (non-hydrogen) atoms. The predicted octanol–water partition coefficient (Wildman–Crippen LogP) is 1.06. The minimum atomic E-state index is -3.67. The standard InChI is InChI=1S/C25H30N4O7S/c1-16(23(32)26-14-18-11-7-4-8-12-18)21(30)22(31)19(13-17-9-5-3-6-10-17)27-24(33)20-15-36-25(28-20)29-37(2,34)35/h3-12,15-16,19,21-22,30-31H,13-14H2,1-2H3,(H,26,32)(H,27,33)(H,28,29)/t16-,19+,21-,22-/m1/s1. The number of amides is 2. The summed E-state index contributed by atoms with van der Waals surface area (Å²) in [7, 11) is -3.67. The molecule has 0 fully saturated rings. The van der Waals surface area contributed by atoms with Gasteiger partial charge >= 0.3 is 6.01 Å². The van der Waals surface area contributed by atoms with Crippen LogP contribution >= 0.6 is 0 Å². The molecule has 0 aliphatic rings. The van der Waals surface area contributed by atoms with Crippen molar-refractivity contribution in [2.75, 3.05) is 11.0 Å². The van der Waals surface area contributed by atoms with E-state index in [0.29, 0.717) is 0 Å². The van der Waals surface area contributed by atoms with Gasteiger partial charge in [-0.2, -0.15) is 4.98 Å². The van der Waals surface area contributed by atoms with E-state index in [1.807, 2.05) is 41.1 Å². The first-order valence-electron chi connectivity index (χ1n) is 11.5. The maximum Gasteiger partial charge on any atom is 0.309 e. The van der Waals surface area contributed by atoms with E-state index in [0.717, 1.165) is 23.6 Å². The molecule has 0 aliphatic carbocycles. The highest BCUT2D eigenvalue weighted by Gasteiger charge is 2.35. The van der Waals surface area contributed by atoms with Crippen LogP contribution in [0.2, 0.25) is 0 Å². The quantitative estimate of drug-likeness (QED) is 0.231. The Morgan fingerprint density at radius 2 is 1.57 bits per heavy atom. The average Bonchev–Trinajstić information content (AvgIpc) is 3.33. The zero-order valence-corrected chi connectivity index (χ0v) is 21.2. The summed E-state index contributed by atoms with van der Waals surface area (Å²) in [5.41, 5.74) is 1.41. The fourth-order valence-electron chi connectivity index (χ4n) is 3.59. The van der Waals surface area contributed by atoms with Crippen molar-refractivity contribution in [1.82, 2.24) is 15.6 Å². The van der Waals surface area contributed by atoms with Crippen LogP contribution in [0.15, 0.2) is 71.3 Å². The van der Waals surface area contributed by atoms with Crippen LogP contribution in [0.3, 0.4) is 0 Å². The molecule has 11 nitrogen and oxygen atoms in total. The number of carbonyl (C=O) groups is 2. The molecule has 3 aromatic rings. The number of nitrogens with zero attached hydrogens (tertiary/aromatic N) is 1. The fraction of sp³-hybridized carbons (Fsp3) is 0.320. The molecule has 1 heterocycles. The van der Waals surface area contributed by atoms with E-state index >= 15 is 0 Å². The van der Waals surface area contributed by atoms with Crippen LogP contribution in [0, 0.1) is 5.92 Å². The third kappa shape index (κ3) is 8.41. The van der Waals surface area contributed by atoms with Gasteiger partial charge in [0, 0.05) is 6.54 Å². The summed E-state index contributed by atoms with van der Waals surface area (Å²) >= 11 is 0. The largest absolute Gasteiger partial charge is 0.431 e. The monoisotopic (exact) mass is 530 g/mol. The van der Waals surface area contributed by atoms with Crippen molar-refractivity contribution in [2.45, 2.75) is 38.1 Å². The number of rotatable bonds is 12. The summed E-state index contributed by atoms with van der Waals surface area (Å²) in [6, 6.07) is 16.8. The Balaban J connectivity index is 1.71. The zero-order valence-electron chi connectivity index (χ0n) is 20.4. The molecule has 0 aliphatic heterocycles. The molecule has 2 aromatic carbocycles. The summed E-state index contributed by atoms with van der Waals surface area (Å²) in [6.07, 6.45) is -1.03. The van der Waals surface area contributed by atoms with E-state index in [2.05, 4.69) is 15.6 Å². The van der Waals surface area contributed by atoms with Gasteiger partial charge in [-0.25, -0.2) is 13.1 Å². The van der Waals surface area contributed by atoms with Crippen LogP contribution in [-0.4, -0.2) is 59.9 Å². The second-order valence-electron chi connectivity index (χ2n) is 8.66. The molecule has 3 rings (SSSR count). The maximum atomic E-state index is 12.8. The van der Waals surface area contributed by atoms with Gasteiger partial charge in [-0.3, -0.25) is 9.59 Å². The number of anilines is 1. The maximum absolute atomic E-state index is 12.8. The van der Waals surface area contributed by atoms with Gasteiger partial charge in [0.05, 0.1) is 24.3 Å². The molecule has 1 aromatic heterocycles. The van der Waals surface area contributed by atoms with E-state index in [1.54, 1.807) is 24.3 Å². The number of oxazole rings is 1. The van der Waals surface area contributed by atoms with Crippen molar-refractivity contribution >= 4 is 27.9 Å². The third-order valence-corrected chi connectivity index (χ3v) is 6.17. The number of benzene rings is 2. The Labute approximate surface area is 215 Å². The Bertz CT molecular complexity index is 1280. The van der Waals surface area contributed by atoms with Crippen molar-refractivity contribution in [3.63, 3.8) is 0 Å². The number of carbonyl (C=O) groups excluding carboxylic acids is 2. The lowest BCUT2D eigenvalue weighted by Crippen LogP contribution is -2.53. The minimum absolute atomic E-state index is 0.134. The van der Waals surface area contributed by atoms with Crippen LogP contribution in [0.4, 0.5) is 6.01 Å². The van der Waals surface area contributed by atoms with Crippen molar-refractivity contribution in [2.24, 2.45) is 5.92 Å². The van der Waals surface area contributed by atoms with E-state index < -0.39 is 52.0 Å². The summed E-state index contributed by atoms with van der Waals surface area (Å²) in [6.45, 7) is 1.74. The number of hydrogen-bond donors (Lipinski definition) is 5. The van der Waals surface area contributed by atoms with Crippen LogP contribution in [0.25, 0.3) is 0 Å². The highest BCUT2D eigenvalue weighted by molar-refractivity contribution is 7.91. The summed E-state index contributed by atoms with van der Waals surface area (Å²) in [5, 5.41) is 27.2. The molecule has 0 saturated carbocycles. The van der Waals surface area contributed by atoms with Crippen molar-refractivity contribution in [3.8, 4) is 0 Å². The van der Waals surface area contributed by atoms with E-state index in [1.165, 1.54) is 6.92 Å². The number of aliphatic hydroxyl groups is 2. The normalized spacial score (nSPS) is 14.7. The first-order valence-corrected chi connectivity index (χ1v) is 13.4. The molecule has 0 saturated heterocycles. The van der Waals surface area contributed by atoms with Crippen molar-refractivity contribution in [3.05, 3.63) is 83.7 Å². The SMILES string of the molecule is C[C@@H](C(=O)NCc1ccccc1)[C@@H](O)[C@H](O)[C@H](Cc1ccccc1)NC(=O)c1coc(NS(C)(=O)=O)n1. The predicted molar refractivity (Wildman–Crippen MR) is 136 cm³/mol. The molecule has 0 radical (unpaired) electrons. The molecule has 12 heteroatoms. The molecular formula is C25H30N4O7S. The molecule has 0 spiro atoms. The Morgan fingerprint density at radius 1 is 0.973 bits per heavy atom. The van der Waals surface area contributed by atoms with Gasteiger partial charge in [0.2, 0.25) is 15.9 Å². The van der Waals surface area contributed by atoms with Gasteiger partial charge in [0.15, 0.2) is 5.69 Å². The number of nitrogens with one attached hydrogen (secondary N) is 3. The van der Waals surface area contributed by atoms with Gasteiger partial charge in [0.25, 0.3) is 5.91 Å². The molecular weight excluding hydrogens is 500 g/mol. The fourth-order valence-corrected chi connectivity index (χ4v) is 4.00. The Kier molecular flexibility index (Phi) is 9.39. The third-order valence-electron chi connectivity index (χ3n) is 5.62. The number of aliphatic hydroxyl groups excluding tert-OH is 2. The smallest absolute Gasteiger partial charge is 0.309 e. The topological polar surface area (TPSA) is 171 Å². The summed E-state index contributed by atoms with van der Waals surface area (Å²) in [5.74, 6) is -2.22. The summed E-state index contributed by atoms with van der Waals surface area (Å²) in [4.78, 5) is 29.3. The van der Waals surface area contributed by atoms with Crippen molar-refractivity contribution in [1.29, 1.82) is 0 Å². The second kappa shape index (κ2) is 12.5. The van der Waals surface area contributed by atoms with E-state index in [-0.39, 0.29) is 18.7 Å². The van der Waals surface area contributed by atoms with Gasteiger partial charge in [-0.05, 0) is 17.5 Å². The van der Waals surface area contributed by atoms with Gasteiger partial charge in [-0.1, -0.05) is 67.6 Å². The highest BCUT2D eigenvalue weighted by Crippen LogP contribution is 2.17. The number of aromatic nitrogens is 1. The Morgan fingerprint density at radius 3 is 2.16 bits per heavy atom. The van der Waals surface area contributed by atoms with Gasteiger partial charge in [0.1, 0.15) is 12.4 Å². The highest BCUT2D eigenvalue weighted by atomic mass is 32.2. The lowest BCUT2D eigenvalue weighted by molar-refractivity contribution is -0.131. The molecule has 0 unspecified atom stereocenters. The first kappa shape index (κ1) is 27.8. The van der Waals surface area contributed by atoms with Gasteiger partial charge in [-0.15, -0.1) is 0 Å². The molecule has 0 bridgehead atoms. The zero-order chi connectivity index (χ0) is 27.0. The first-order chi connectivity index (χ1) is 17.5. The summed E-state index contributed by atoms with van der Waals surface area (Å²) < 4.78 is 29.7. The van der Waals surface area contributed by atoms with E-state index in [9.17, 15) is 28.2 Å². The van der Waals surface area contributed by atoms with Crippen LogP contribution in [0.1, 0.15) is 28.5 Å². The Hall–Kier alpha value is -3.74. The molecule has 2 amide bonds. The number of sulfonamides is 1. The molecule has 5 N–H and O–H groups in total. The van der Waals surface area contributed by atoms with E-state index in [4.69, 9.17) is 4.42 Å². The van der Waals surface area contributed by atoms with Crippen LogP contribution < -0.4 is 15.4 Å². The van der Waals surface area contributed by atoms with Gasteiger partial charge < -0.3 is 25.3 Å². The average molecular weight is 531 g/mol. The molecule has 198 valence electrons.